The first kappa shape index (κ1) is 12.3. The number of rotatable bonds is 3. The van der Waals surface area contributed by atoms with Crippen LogP contribution in [-0.4, -0.2) is 38.3 Å². The Bertz CT molecular complexity index is 470. The first-order valence-corrected chi connectivity index (χ1v) is 6.74. The third-order valence-electron chi connectivity index (χ3n) is 3.48. The Morgan fingerprint density at radius 2 is 2.16 bits per heavy atom. The smallest absolute Gasteiger partial charge is 0.251 e. The van der Waals surface area contributed by atoms with Gasteiger partial charge in [0.25, 0.3) is 5.91 Å². The van der Waals surface area contributed by atoms with E-state index in [1.165, 1.54) is 6.42 Å². The molecule has 1 fully saturated rings. The highest BCUT2D eigenvalue weighted by atomic mass is 16.6. The second kappa shape index (κ2) is 5.48. The van der Waals surface area contributed by atoms with Crippen molar-refractivity contribution in [2.45, 2.75) is 18.9 Å². The van der Waals surface area contributed by atoms with Gasteiger partial charge in [0.2, 0.25) is 0 Å². The molecule has 0 aliphatic carbocycles. The Morgan fingerprint density at radius 1 is 1.32 bits per heavy atom. The Balaban J connectivity index is 1.62. The van der Waals surface area contributed by atoms with Gasteiger partial charge in [0.05, 0.1) is 0 Å². The number of ether oxygens (including phenoxy) is 2. The van der Waals surface area contributed by atoms with Crippen molar-refractivity contribution >= 4 is 5.91 Å². The molecule has 19 heavy (non-hydrogen) atoms. The zero-order valence-electron chi connectivity index (χ0n) is 10.8. The summed E-state index contributed by atoms with van der Waals surface area (Å²) < 4.78 is 10.9. The molecule has 5 nitrogen and oxygen atoms in total. The lowest BCUT2D eigenvalue weighted by atomic mass is 10.1. The molecular formula is C14H18N2O3. The average Bonchev–Trinajstić information content (AvgIpc) is 2.97. The summed E-state index contributed by atoms with van der Waals surface area (Å²) in [5.41, 5.74) is 0.613. The molecule has 2 aliphatic heterocycles. The van der Waals surface area contributed by atoms with Crippen molar-refractivity contribution in [3.63, 3.8) is 0 Å². The van der Waals surface area contributed by atoms with Crippen LogP contribution >= 0.6 is 0 Å². The van der Waals surface area contributed by atoms with E-state index in [4.69, 9.17) is 9.47 Å². The summed E-state index contributed by atoms with van der Waals surface area (Å²) in [5, 5.41) is 6.30. The van der Waals surface area contributed by atoms with Crippen LogP contribution in [0.5, 0.6) is 11.5 Å². The monoisotopic (exact) mass is 262 g/mol. The summed E-state index contributed by atoms with van der Waals surface area (Å²) in [5.74, 6) is 1.30. The molecule has 0 saturated carbocycles. The maximum absolute atomic E-state index is 12.1. The molecule has 1 aromatic carbocycles. The summed E-state index contributed by atoms with van der Waals surface area (Å²) in [6.07, 6.45) is 2.31. The lowest BCUT2D eigenvalue weighted by Gasteiger charge is -2.19. The van der Waals surface area contributed by atoms with Gasteiger partial charge in [-0.05, 0) is 37.6 Å². The lowest BCUT2D eigenvalue weighted by Crippen LogP contribution is -2.37. The van der Waals surface area contributed by atoms with Crippen LogP contribution in [0.3, 0.4) is 0 Å². The van der Waals surface area contributed by atoms with Crippen LogP contribution in [0.25, 0.3) is 0 Å². The zero-order valence-corrected chi connectivity index (χ0v) is 10.8. The van der Waals surface area contributed by atoms with E-state index in [-0.39, 0.29) is 5.91 Å². The molecule has 1 aromatic rings. The minimum Gasteiger partial charge on any atom is -0.486 e. The van der Waals surface area contributed by atoms with Gasteiger partial charge in [-0.1, -0.05) is 0 Å². The third kappa shape index (κ3) is 2.81. The molecule has 1 atom stereocenters. The zero-order chi connectivity index (χ0) is 13.1. The van der Waals surface area contributed by atoms with Crippen molar-refractivity contribution < 1.29 is 14.3 Å². The van der Waals surface area contributed by atoms with E-state index in [9.17, 15) is 4.79 Å². The number of fused-ring (bicyclic) bond motifs is 1. The van der Waals surface area contributed by atoms with Crippen LogP contribution in [0.15, 0.2) is 18.2 Å². The second-order valence-electron chi connectivity index (χ2n) is 4.86. The van der Waals surface area contributed by atoms with E-state index in [0.717, 1.165) is 13.0 Å². The number of carbonyl (C=O) groups is 1. The van der Waals surface area contributed by atoms with Gasteiger partial charge in [0.15, 0.2) is 11.5 Å². The van der Waals surface area contributed by atoms with Crippen LogP contribution in [0.2, 0.25) is 0 Å². The minimum atomic E-state index is -0.0642. The summed E-state index contributed by atoms with van der Waals surface area (Å²) >= 11 is 0. The summed E-state index contributed by atoms with van der Waals surface area (Å²) in [4.78, 5) is 12.1. The van der Waals surface area contributed by atoms with Gasteiger partial charge in [-0.25, -0.2) is 0 Å². The number of nitrogens with one attached hydrogen (secondary N) is 2. The van der Waals surface area contributed by atoms with E-state index < -0.39 is 0 Å². The van der Waals surface area contributed by atoms with E-state index in [1.54, 1.807) is 18.2 Å². The quantitative estimate of drug-likeness (QED) is 0.851. The standard InChI is InChI=1S/C14H18N2O3/c17-14(16-9-11-2-1-5-15-11)10-3-4-12-13(8-10)19-7-6-18-12/h3-4,8,11,15H,1-2,5-7,9H2,(H,16,17)/t11-/m1/s1. The van der Waals surface area contributed by atoms with Crippen molar-refractivity contribution in [3.8, 4) is 11.5 Å². The summed E-state index contributed by atoms with van der Waals surface area (Å²) in [7, 11) is 0. The van der Waals surface area contributed by atoms with Gasteiger partial charge < -0.3 is 20.1 Å². The molecule has 2 N–H and O–H groups in total. The van der Waals surface area contributed by atoms with Crippen molar-refractivity contribution in [3.05, 3.63) is 23.8 Å². The van der Waals surface area contributed by atoms with Crippen LogP contribution < -0.4 is 20.1 Å². The molecule has 0 bridgehead atoms. The van der Waals surface area contributed by atoms with Gasteiger partial charge in [0.1, 0.15) is 13.2 Å². The molecule has 5 heteroatoms. The van der Waals surface area contributed by atoms with Gasteiger partial charge in [-0.3, -0.25) is 4.79 Å². The van der Waals surface area contributed by atoms with Crippen LogP contribution in [-0.2, 0) is 0 Å². The van der Waals surface area contributed by atoms with Crippen molar-refractivity contribution in [1.82, 2.24) is 10.6 Å². The number of amides is 1. The largest absolute Gasteiger partial charge is 0.486 e. The van der Waals surface area contributed by atoms with Crippen molar-refractivity contribution in [2.75, 3.05) is 26.3 Å². The maximum Gasteiger partial charge on any atom is 0.251 e. The Kier molecular flexibility index (Phi) is 3.55. The highest BCUT2D eigenvalue weighted by Crippen LogP contribution is 2.30. The molecule has 2 aliphatic rings. The fourth-order valence-electron chi connectivity index (χ4n) is 2.43. The van der Waals surface area contributed by atoms with E-state index in [1.807, 2.05) is 0 Å². The number of hydrogen-bond donors (Lipinski definition) is 2. The maximum atomic E-state index is 12.1. The first-order valence-electron chi connectivity index (χ1n) is 6.74. The first-order chi connectivity index (χ1) is 9.33. The molecule has 1 saturated heterocycles. The highest BCUT2D eigenvalue weighted by molar-refractivity contribution is 5.94. The number of hydrogen-bond acceptors (Lipinski definition) is 4. The predicted molar refractivity (Wildman–Crippen MR) is 70.8 cm³/mol. The Labute approximate surface area is 112 Å². The lowest BCUT2D eigenvalue weighted by molar-refractivity contribution is 0.0949. The molecule has 0 radical (unpaired) electrons. The molecule has 102 valence electrons. The molecule has 0 unspecified atom stereocenters. The molecule has 1 amide bonds. The van der Waals surface area contributed by atoms with Crippen molar-refractivity contribution in [1.29, 1.82) is 0 Å². The summed E-state index contributed by atoms with van der Waals surface area (Å²) in [6.45, 7) is 2.81. The number of carbonyl (C=O) groups excluding carboxylic acids is 1. The second-order valence-corrected chi connectivity index (χ2v) is 4.86. The Hall–Kier alpha value is -1.75. The highest BCUT2D eigenvalue weighted by Gasteiger charge is 2.17. The van der Waals surface area contributed by atoms with E-state index in [2.05, 4.69) is 10.6 Å². The molecule has 2 heterocycles. The molecular weight excluding hydrogens is 244 g/mol. The fraction of sp³-hybridized carbons (Fsp3) is 0.500. The van der Waals surface area contributed by atoms with Gasteiger partial charge >= 0.3 is 0 Å². The van der Waals surface area contributed by atoms with E-state index >= 15 is 0 Å². The van der Waals surface area contributed by atoms with Crippen LogP contribution in [0.1, 0.15) is 23.2 Å². The Morgan fingerprint density at radius 3 is 2.95 bits per heavy atom. The predicted octanol–water partition coefficient (Wildman–Crippen LogP) is 0.940. The van der Waals surface area contributed by atoms with Crippen molar-refractivity contribution in [2.24, 2.45) is 0 Å². The van der Waals surface area contributed by atoms with E-state index in [0.29, 0.717) is 42.9 Å². The van der Waals surface area contributed by atoms with Crippen LogP contribution in [0, 0.1) is 0 Å². The molecule has 0 spiro atoms. The average molecular weight is 262 g/mol. The molecule has 0 aromatic heterocycles. The third-order valence-corrected chi connectivity index (χ3v) is 3.48. The summed E-state index contributed by atoms with van der Waals surface area (Å²) in [6, 6.07) is 5.70. The van der Waals surface area contributed by atoms with Gasteiger partial charge in [-0.15, -0.1) is 0 Å². The minimum absolute atomic E-state index is 0.0642. The SMILES string of the molecule is O=C(NC[C@H]1CCCN1)c1ccc2c(c1)OCCO2. The van der Waals surface area contributed by atoms with Gasteiger partial charge in [-0.2, -0.15) is 0 Å². The van der Waals surface area contributed by atoms with Gasteiger partial charge in [0, 0.05) is 18.2 Å². The number of benzene rings is 1. The topological polar surface area (TPSA) is 59.6 Å². The molecule has 3 rings (SSSR count). The fourth-order valence-corrected chi connectivity index (χ4v) is 2.43. The van der Waals surface area contributed by atoms with Crippen LogP contribution in [0.4, 0.5) is 0 Å². The normalized spacial score (nSPS) is 21.2.